The van der Waals surface area contributed by atoms with E-state index in [9.17, 15) is 0 Å². The Hall–Kier alpha value is 0.0649. The van der Waals surface area contributed by atoms with Crippen LogP contribution < -0.4 is 0 Å². The first-order valence-electron chi connectivity index (χ1n) is 5.60. The van der Waals surface area contributed by atoms with Crippen LogP contribution in [0.5, 0.6) is 0 Å². The van der Waals surface area contributed by atoms with Crippen LogP contribution in [0.15, 0.2) is 0 Å². The second kappa shape index (κ2) is 6.57. The smallest absolute Gasteiger partial charge is 0.0861 e. The second-order valence-corrected chi connectivity index (χ2v) is 4.60. The van der Waals surface area contributed by atoms with Crippen molar-refractivity contribution in [2.24, 2.45) is 11.8 Å². The highest BCUT2D eigenvalue weighted by atomic mass is 14.0. The Bertz CT molecular complexity index is 89.2. The molecule has 1 heteroatoms. The predicted octanol–water partition coefficient (Wildman–Crippen LogP) is 4.20. The van der Waals surface area contributed by atoms with Gasteiger partial charge in [-0.15, -0.1) is 0 Å². The highest BCUT2D eigenvalue weighted by molar-refractivity contribution is 6.57. The molecule has 0 aliphatic heterocycles. The zero-order valence-corrected chi connectivity index (χ0v) is 9.56. The maximum atomic E-state index is 2.40. The highest BCUT2D eigenvalue weighted by Gasteiger charge is 2.13. The van der Waals surface area contributed by atoms with Crippen molar-refractivity contribution in [2.75, 3.05) is 0 Å². The van der Waals surface area contributed by atoms with E-state index in [0.717, 1.165) is 18.5 Å². The van der Waals surface area contributed by atoms with Crippen molar-refractivity contribution < 1.29 is 0 Å². The fourth-order valence-corrected chi connectivity index (χ4v) is 1.80. The van der Waals surface area contributed by atoms with Gasteiger partial charge in [-0.2, -0.15) is 0 Å². The van der Waals surface area contributed by atoms with E-state index in [1.807, 2.05) is 0 Å². The molecule has 0 N–H and O–H groups in total. The van der Waals surface area contributed by atoms with Crippen LogP contribution in [0, 0.1) is 11.8 Å². The summed E-state index contributed by atoms with van der Waals surface area (Å²) < 4.78 is 0. The van der Waals surface area contributed by atoms with Gasteiger partial charge < -0.3 is 0 Å². The third-order valence-electron chi connectivity index (χ3n) is 3.00. The minimum atomic E-state index is 0.920. The van der Waals surface area contributed by atoms with Gasteiger partial charge in [-0.25, -0.2) is 0 Å². The summed E-state index contributed by atoms with van der Waals surface area (Å²) in [7, 11) is 0. The summed E-state index contributed by atoms with van der Waals surface area (Å²) in [5.74, 6) is 1.84. The molecule has 12 heavy (non-hydrogen) atoms. The van der Waals surface area contributed by atoms with Gasteiger partial charge in [-0.1, -0.05) is 71.8 Å². The van der Waals surface area contributed by atoms with Crippen LogP contribution in [-0.4, -0.2) is 6.71 Å². The highest BCUT2D eigenvalue weighted by Crippen LogP contribution is 2.18. The maximum Gasteiger partial charge on any atom is 0.137 e. The van der Waals surface area contributed by atoms with Crippen molar-refractivity contribution in [1.82, 2.24) is 0 Å². The van der Waals surface area contributed by atoms with Crippen LogP contribution in [0.4, 0.5) is 0 Å². The summed E-state index contributed by atoms with van der Waals surface area (Å²) >= 11 is 0. The molecule has 2 atom stereocenters. The first kappa shape index (κ1) is 12.1. The van der Waals surface area contributed by atoms with Gasteiger partial charge in [-0.3, -0.25) is 0 Å². The van der Waals surface area contributed by atoms with Crippen LogP contribution in [0.25, 0.3) is 0 Å². The standard InChI is InChI=1S/C11H25B/c1-6-10(3)8-12(5)9-11(4)7-2/h10-11H,6-9H2,1-5H3. The zero-order chi connectivity index (χ0) is 9.56. The van der Waals surface area contributed by atoms with E-state index in [1.165, 1.54) is 25.5 Å². The third-order valence-corrected chi connectivity index (χ3v) is 3.00. The molecule has 72 valence electrons. The Balaban J connectivity index is 3.51. The summed E-state index contributed by atoms with van der Waals surface area (Å²) in [5, 5.41) is 0. The Morgan fingerprint density at radius 1 is 0.917 bits per heavy atom. The minimum Gasteiger partial charge on any atom is -0.0861 e. The number of hydrogen-bond donors (Lipinski definition) is 0. The van der Waals surface area contributed by atoms with Crippen LogP contribution in [0.3, 0.4) is 0 Å². The summed E-state index contributed by atoms with van der Waals surface area (Å²) in [6.45, 7) is 12.6. The van der Waals surface area contributed by atoms with Gasteiger partial charge in [-0.05, 0) is 0 Å². The fraction of sp³-hybridized carbons (Fsp3) is 1.00. The van der Waals surface area contributed by atoms with Gasteiger partial charge in [0, 0.05) is 0 Å². The second-order valence-electron chi connectivity index (χ2n) is 4.60. The molecule has 0 aromatic heterocycles. The van der Waals surface area contributed by atoms with E-state index in [4.69, 9.17) is 0 Å². The molecule has 0 bridgehead atoms. The Labute approximate surface area is 79.2 Å². The van der Waals surface area contributed by atoms with Crippen LogP contribution in [-0.2, 0) is 0 Å². The van der Waals surface area contributed by atoms with Gasteiger partial charge >= 0.3 is 0 Å². The van der Waals surface area contributed by atoms with Crippen LogP contribution >= 0.6 is 0 Å². The molecule has 0 radical (unpaired) electrons. The minimum absolute atomic E-state index is 0.920. The summed E-state index contributed by atoms with van der Waals surface area (Å²) in [6, 6.07) is 0. The molecule has 0 aromatic rings. The molecule has 0 aromatic carbocycles. The van der Waals surface area contributed by atoms with Crippen molar-refractivity contribution >= 4 is 6.71 Å². The monoisotopic (exact) mass is 168 g/mol. The van der Waals surface area contributed by atoms with E-state index < -0.39 is 0 Å². The average Bonchev–Trinajstić information content (AvgIpc) is 2.03. The van der Waals surface area contributed by atoms with E-state index in [2.05, 4.69) is 34.5 Å². The Kier molecular flexibility index (Phi) is 6.60. The molecular formula is C11H25B. The van der Waals surface area contributed by atoms with Crippen LogP contribution in [0.2, 0.25) is 19.5 Å². The summed E-state index contributed by atoms with van der Waals surface area (Å²) in [5.41, 5.74) is 0. The van der Waals surface area contributed by atoms with E-state index in [0.29, 0.717) is 0 Å². The molecule has 0 nitrogen and oxygen atoms in total. The molecule has 0 fully saturated rings. The lowest BCUT2D eigenvalue weighted by molar-refractivity contribution is 0.593. The van der Waals surface area contributed by atoms with Crippen molar-refractivity contribution in [3.05, 3.63) is 0 Å². The molecule has 0 saturated heterocycles. The lowest BCUT2D eigenvalue weighted by Crippen LogP contribution is -2.14. The fourth-order valence-electron chi connectivity index (χ4n) is 1.80. The largest absolute Gasteiger partial charge is 0.137 e. The van der Waals surface area contributed by atoms with Gasteiger partial charge in [0.1, 0.15) is 6.71 Å². The quantitative estimate of drug-likeness (QED) is 0.521. The Morgan fingerprint density at radius 2 is 1.25 bits per heavy atom. The first-order valence-corrected chi connectivity index (χ1v) is 5.60. The normalized spacial score (nSPS) is 15.8. The zero-order valence-electron chi connectivity index (χ0n) is 9.56. The van der Waals surface area contributed by atoms with Crippen molar-refractivity contribution in [2.45, 2.75) is 60.0 Å². The molecule has 0 spiro atoms. The van der Waals surface area contributed by atoms with E-state index in [-0.39, 0.29) is 0 Å². The lowest BCUT2D eigenvalue weighted by Gasteiger charge is -2.16. The maximum absolute atomic E-state index is 2.40. The average molecular weight is 168 g/mol. The van der Waals surface area contributed by atoms with Crippen LogP contribution in [0.1, 0.15) is 40.5 Å². The predicted molar refractivity (Wildman–Crippen MR) is 60.1 cm³/mol. The molecule has 0 aliphatic carbocycles. The third kappa shape index (κ3) is 5.68. The van der Waals surface area contributed by atoms with Gasteiger partial charge in [0.05, 0.1) is 0 Å². The molecule has 0 heterocycles. The molecule has 0 amide bonds. The van der Waals surface area contributed by atoms with Gasteiger partial charge in [0.25, 0.3) is 0 Å². The van der Waals surface area contributed by atoms with Crippen molar-refractivity contribution in [1.29, 1.82) is 0 Å². The lowest BCUT2D eigenvalue weighted by atomic mass is 9.43. The summed E-state index contributed by atoms with van der Waals surface area (Å²) in [4.78, 5) is 0. The van der Waals surface area contributed by atoms with Gasteiger partial charge in [0.2, 0.25) is 0 Å². The molecule has 0 saturated carbocycles. The van der Waals surface area contributed by atoms with E-state index >= 15 is 0 Å². The SMILES string of the molecule is CCC(C)CB(C)CC(C)CC. The van der Waals surface area contributed by atoms with E-state index in [1.54, 1.807) is 0 Å². The summed E-state index contributed by atoms with van der Waals surface area (Å²) in [6.07, 6.45) is 5.51. The molecule has 2 unspecified atom stereocenters. The van der Waals surface area contributed by atoms with Crippen molar-refractivity contribution in [3.8, 4) is 0 Å². The molecular weight excluding hydrogens is 143 g/mol. The van der Waals surface area contributed by atoms with Gasteiger partial charge in [0.15, 0.2) is 0 Å². The number of hydrogen-bond acceptors (Lipinski definition) is 0. The first-order chi connectivity index (χ1) is 5.60. The topological polar surface area (TPSA) is 0 Å². The number of rotatable bonds is 6. The Morgan fingerprint density at radius 3 is 1.50 bits per heavy atom. The molecule has 0 rings (SSSR count). The van der Waals surface area contributed by atoms with Crippen molar-refractivity contribution in [3.63, 3.8) is 0 Å². The molecule has 0 aliphatic rings.